The van der Waals surface area contributed by atoms with Crippen LogP contribution in [0.5, 0.6) is 0 Å². The van der Waals surface area contributed by atoms with Crippen molar-refractivity contribution in [1.82, 2.24) is 19.9 Å². The van der Waals surface area contributed by atoms with E-state index < -0.39 is 5.97 Å². The smallest absolute Gasteiger partial charge is 0.325 e. The lowest BCUT2D eigenvalue weighted by Crippen LogP contribution is -2.38. The van der Waals surface area contributed by atoms with Crippen LogP contribution in [0.25, 0.3) is 0 Å². The molecule has 0 atom stereocenters. The van der Waals surface area contributed by atoms with Gasteiger partial charge < -0.3 is 15.4 Å². The molecule has 0 aliphatic heterocycles. The zero-order chi connectivity index (χ0) is 14.5. The van der Waals surface area contributed by atoms with Gasteiger partial charge in [0.1, 0.15) is 6.54 Å². The quantitative estimate of drug-likeness (QED) is 0.670. The van der Waals surface area contributed by atoms with Crippen molar-refractivity contribution in [3.8, 4) is 0 Å². The number of carbonyl (C=O) groups is 2. The third kappa shape index (κ3) is 3.53. The summed E-state index contributed by atoms with van der Waals surface area (Å²) >= 11 is 0. The van der Waals surface area contributed by atoms with Gasteiger partial charge in [-0.1, -0.05) is 5.21 Å². The average molecular weight is 281 g/mol. The Balaban J connectivity index is 2.04. The van der Waals surface area contributed by atoms with Crippen molar-refractivity contribution in [2.45, 2.75) is 32.4 Å². The molecule has 110 valence electrons. The Kier molecular flexibility index (Phi) is 4.67. The second-order valence-corrected chi connectivity index (χ2v) is 4.62. The summed E-state index contributed by atoms with van der Waals surface area (Å²) in [5.74, 6) is -0.689. The van der Waals surface area contributed by atoms with Crippen molar-refractivity contribution in [1.29, 1.82) is 0 Å². The van der Waals surface area contributed by atoms with Gasteiger partial charge >= 0.3 is 5.97 Å². The van der Waals surface area contributed by atoms with Crippen LogP contribution in [-0.4, -0.2) is 57.5 Å². The first-order valence-corrected chi connectivity index (χ1v) is 6.72. The molecular weight excluding hydrogens is 262 g/mol. The monoisotopic (exact) mass is 281 g/mol. The van der Waals surface area contributed by atoms with Gasteiger partial charge in [-0.25, -0.2) is 0 Å². The highest BCUT2D eigenvalue weighted by Crippen LogP contribution is 2.27. The highest BCUT2D eigenvalue weighted by atomic mass is 16.5. The number of rotatable bonds is 7. The molecule has 1 heterocycles. The summed E-state index contributed by atoms with van der Waals surface area (Å²) in [5, 5.41) is 7.66. The molecule has 20 heavy (non-hydrogen) atoms. The van der Waals surface area contributed by atoms with Crippen molar-refractivity contribution >= 4 is 11.9 Å². The molecule has 2 rings (SSSR count). The van der Waals surface area contributed by atoms with Gasteiger partial charge in [-0.3, -0.25) is 14.3 Å². The Hall–Kier alpha value is -1.96. The van der Waals surface area contributed by atoms with Gasteiger partial charge in [-0.15, -0.1) is 5.10 Å². The number of ether oxygens (including phenoxy) is 1. The Labute approximate surface area is 116 Å². The second-order valence-electron chi connectivity index (χ2n) is 4.62. The van der Waals surface area contributed by atoms with Crippen LogP contribution < -0.4 is 5.73 Å². The van der Waals surface area contributed by atoms with Crippen molar-refractivity contribution in [3.05, 3.63) is 11.9 Å². The topological polar surface area (TPSA) is 103 Å². The first-order chi connectivity index (χ1) is 9.65. The minimum absolute atomic E-state index is 0.0406. The van der Waals surface area contributed by atoms with Crippen LogP contribution in [0.2, 0.25) is 0 Å². The molecule has 8 heteroatoms. The summed E-state index contributed by atoms with van der Waals surface area (Å²) in [4.78, 5) is 25.4. The number of hydrogen-bond acceptors (Lipinski definition) is 6. The Morgan fingerprint density at radius 1 is 1.55 bits per heavy atom. The first kappa shape index (κ1) is 14.4. The van der Waals surface area contributed by atoms with Gasteiger partial charge in [-0.05, 0) is 19.8 Å². The van der Waals surface area contributed by atoms with E-state index in [4.69, 9.17) is 10.5 Å². The predicted octanol–water partition coefficient (Wildman–Crippen LogP) is -0.595. The Morgan fingerprint density at radius 3 is 2.90 bits per heavy atom. The number of aromatic nitrogens is 3. The third-order valence-corrected chi connectivity index (χ3v) is 2.97. The summed E-state index contributed by atoms with van der Waals surface area (Å²) in [6.45, 7) is 2.92. The molecule has 1 fully saturated rings. The Bertz CT molecular complexity index is 483. The van der Waals surface area contributed by atoms with E-state index in [2.05, 4.69) is 10.3 Å². The fourth-order valence-corrected chi connectivity index (χ4v) is 1.88. The minimum Gasteiger partial charge on any atom is -0.465 e. The lowest BCUT2D eigenvalue weighted by molar-refractivity contribution is -0.144. The van der Waals surface area contributed by atoms with E-state index in [1.54, 1.807) is 13.1 Å². The maximum atomic E-state index is 12.4. The standard InChI is InChI=1S/C12H19N5O3/c1-2-20-11(18)8-17(9-3-4-9)12(19)10-7-16(6-5-13)15-14-10/h7,9H,2-6,8,13H2,1H3. The molecule has 1 aromatic rings. The summed E-state index contributed by atoms with van der Waals surface area (Å²) in [5.41, 5.74) is 5.65. The number of carbonyl (C=O) groups excluding carboxylic acids is 2. The minimum atomic E-state index is -0.401. The normalized spacial score (nSPS) is 14.1. The van der Waals surface area contributed by atoms with E-state index in [-0.39, 0.29) is 24.2 Å². The Morgan fingerprint density at radius 2 is 2.30 bits per heavy atom. The van der Waals surface area contributed by atoms with Crippen LogP contribution >= 0.6 is 0 Å². The molecule has 0 aromatic carbocycles. The maximum absolute atomic E-state index is 12.4. The van der Waals surface area contributed by atoms with E-state index in [0.29, 0.717) is 19.7 Å². The summed E-state index contributed by atoms with van der Waals surface area (Å²) in [7, 11) is 0. The third-order valence-electron chi connectivity index (χ3n) is 2.97. The van der Waals surface area contributed by atoms with Crippen LogP contribution in [-0.2, 0) is 16.1 Å². The summed E-state index contributed by atoms with van der Waals surface area (Å²) in [6, 6.07) is 0.103. The van der Waals surface area contributed by atoms with Gasteiger partial charge in [-0.2, -0.15) is 0 Å². The summed E-state index contributed by atoms with van der Waals surface area (Å²) < 4.78 is 6.41. The molecule has 0 bridgehead atoms. The lowest BCUT2D eigenvalue weighted by Gasteiger charge is -2.19. The first-order valence-electron chi connectivity index (χ1n) is 6.72. The molecule has 0 radical (unpaired) electrons. The molecule has 8 nitrogen and oxygen atoms in total. The van der Waals surface area contributed by atoms with Gasteiger partial charge in [0.15, 0.2) is 5.69 Å². The summed E-state index contributed by atoms with van der Waals surface area (Å²) in [6.07, 6.45) is 3.36. The molecular formula is C12H19N5O3. The van der Waals surface area contributed by atoms with Crippen LogP contribution in [0, 0.1) is 0 Å². The van der Waals surface area contributed by atoms with E-state index in [1.165, 1.54) is 9.58 Å². The van der Waals surface area contributed by atoms with Crippen molar-refractivity contribution in [2.24, 2.45) is 5.73 Å². The zero-order valence-corrected chi connectivity index (χ0v) is 11.5. The van der Waals surface area contributed by atoms with Crippen LogP contribution in [0.4, 0.5) is 0 Å². The van der Waals surface area contributed by atoms with Crippen LogP contribution in [0.3, 0.4) is 0 Å². The molecule has 0 spiro atoms. The fourth-order valence-electron chi connectivity index (χ4n) is 1.88. The average Bonchev–Trinajstić information content (AvgIpc) is 3.15. The SMILES string of the molecule is CCOC(=O)CN(C(=O)c1cn(CCN)nn1)C1CC1. The predicted molar refractivity (Wildman–Crippen MR) is 69.8 cm³/mol. The second kappa shape index (κ2) is 6.47. The molecule has 1 amide bonds. The fraction of sp³-hybridized carbons (Fsp3) is 0.667. The van der Waals surface area contributed by atoms with E-state index in [1.807, 2.05) is 0 Å². The van der Waals surface area contributed by atoms with Crippen molar-refractivity contribution < 1.29 is 14.3 Å². The molecule has 1 aromatic heterocycles. The molecule has 1 aliphatic rings. The van der Waals surface area contributed by atoms with Crippen molar-refractivity contribution in [2.75, 3.05) is 19.7 Å². The molecule has 1 saturated carbocycles. The van der Waals surface area contributed by atoms with Crippen LogP contribution in [0.15, 0.2) is 6.20 Å². The number of amides is 1. The molecule has 0 unspecified atom stereocenters. The highest BCUT2D eigenvalue weighted by molar-refractivity contribution is 5.94. The van der Waals surface area contributed by atoms with E-state index in [0.717, 1.165) is 12.8 Å². The van der Waals surface area contributed by atoms with E-state index >= 15 is 0 Å². The van der Waals surface area contributed by atoms with Gasteiger partial charge in [0.25, 0.3) is 5.91 Å². The molecule has 1 aliphatic carbocycles. The largest absolute Gasteiger partial charge is 0.465 e. The number of hydrogen-bond donors (Lipinski definition) is 1. The van der Waals surface area contributed by atoms with Gasteiger partial charge in [0.05, 0.1) is 19.3 Å². The molecule has 0 saturated heterocycles. The number of nitrogens with zero attached hydrogens (tertiary/aromatic N) is 4. The van der Waals surface area contributed by atoms with Gasteiger partial charge in [0.2, 0.25) is 0 Å². The van der Waals surface area contributed by atoms with E-state index in [9.17, 15) is 9.59 Å². The van der Waals surface area contributed by atoms with Crippen LogP contribution in [0.1, 0.15) is 30.3 Å². The highest BCUT2D eigenvalue weighted by Gasteiger charge is 2.35. The zero-order valence-electron chi connectivity index (χ0n) is 11.5. The maximum Gasteiger partial charge on any atom is 0.325 e. The molecule has 2 N–H and O–H groups in total. The van der Waals surface area contributed by atoms with Crippen molar-refractivity contribution in [3.63, 3.8) is 0 Å². The number of esters is 1. The number of nitrogens with two attached hydrogens (primary N) is 1. The lowest BCUT2D eigenvalue weighted by atomic mass is 10.3. The van der Waals surface area contributed by atoms with Gasteiger partial charge in [0, 0.05) is 12.6 Å².